The first-order valence-electron chi connectivity index (χ1n) is 5.64. The molecule has 16 heavy (non-hydrogen) atoms. The standard InChI is InChI=1S/C13H15N3/c1-14-13-11-6-3-2-5-10(11)9-12(13)16-8-4-7-15-16/h2-8,12-14H,9H2,1H3. The van der Waals surface area contributed by atoms with Crippen molar-refractivity contribution in [1.82, 2.24) is 15.1 Å². The normalized spacial score (nSPS) is 23.3. The number of hydrogen-bond donors (Lipinski definition) is 1. The highest BCUT2D eigenvalue weighted by atomic mass is 15.3. The zero-order chi connectivity index (χ0) is 11.0. The highest BCUT2D eigenvalue weighted by Gasteiger charge is 2.32. The van der Waals surface area contributed by atoms with Gasteiger partial charge in [0.25, 0.3) is 0 Å². The number of nitrogens with one attached hydrogen (secondary N) is 1. The molecule has 2 aromatic rings. The molecule has 3 rings (SSSR count). The van der Waals surface area contributed by atoms with E-state index in [2.05, 4.69) is 39.4 Å². The average Bonchev–Trinajstić information content (AvgIpc) is 2.95. The summed E-state index contributed by atoms with van der Waals surface area (Å²) < 4.78 is 2.06. The third kappa shape index (κ3) is 1.36. The van der Waals surface area contributed by atoms with Crippen molar-refractivity contribution in [3.05, 3.63) is 53.9 Å². The molecule has 0 saturated heterocycles. The molecule has 3 nitrogen and oxygen atoms in total. The zero-order valence-corrected chi connectivity index (χ0v) is 9.30. The van der Waals surface area contributed by atoms with Crippen molar-refractivity contribution in [2.24, 2.45) is 0 Å². The van der Waals surface area contributed by atoms with Crippen LogP contribution in [0, 0.1) is 0 Å². The minimum Gasteiger partial charge on any atom is -0.311 e. The molecule has 0 radical (unpaired) electrons. The first-order valence-corrected chi connectivity index (χ1v) is 5.64. The van der Waals surface area contributed by atoms with Crippen LogP contribution >= 0.6 is 0 Å². The van der Waals surface area contributed by atoms with Crippen LogP contribution in [0.4, 0.5) is 0 Å². The molecule has 0 bridgehead atoms. The van der Waals surface area contributed by atoms with Crippen LogP contribution < -0.4 is 5.32 Å². The fourth-order valence-electron chi connectivity index (χ4n) is 2.64. The highest BCUT2D eigenvalue weighted by Crippen LogP contribution is 2.38. The second-order valence-corrected chi connectivity index (χ2v) is 4.22. The lowest BCUT2D eigenvalue weighted by molar-refractivity contribution is 0.371. The van der Waals surface area contributed by atoms with Crippen LogP contribution in [-0.2, 0) is 6.42 Å². The maximum atomic E-state index is 4.36. The van der Waals surface area contributed by atoms with Crippen LogP contribution in [0.3, 0.4) is 0 Å². The molecule has 2 unspecified atom stereocenters. The van der Waals surface area contributed by atoms with Crippen molar-refractivity contribution in [3.63, 3.8) is 0 Å². The van der Waals surface area contributed by atoms with Crippen LogP contribution in [0.15, 0.2) is 42.7 Å². The number of benzene rings is 1. The number of fused-ring (bicyclic) bond motifs is 1. The van der Waals surface area contributed by atoms with Gasteiger partial charge in [-0.15, -0.1) is 0 Å². The van der Waals surface area contributed by atoms with Gasteiger partial charge in [0.15, 0.2) is 0 Å². The smallest absolute Gasteiger partial charge is 0.0754 e. The summed E-state index contributed by atoms with van der Waals surface area (Å²) in [5.41, 5.74) is 2.84. The molecule has 0 fully saturated rings. The van der Waals surface area contributed by atoms with Gasteiger partial charge in [-0.05, 0) is 30.7 Å². The van der Waals surface area contributed by atoms with Crippen molar-refractivity contribution in [3.8, 4) is 0 Å². The minimum atomic E-state index is 0.371. The number of nitrogens with zero attached hydrogens (tertiary/aromatic N) is 2. The third-order valence-corrected chi connectivity index (χ3v) is 3.38. The molecule has 0 aliphatic heterocycles. The molecule has 0 saturated carbocycles. The second-order valence-electron chi connectivity index (χ2n) is 4.22. The highest BCUT2D eigenvalue weighted by molar-refractivity contribution is 5.36. The van der Waals surface area contributed by atoms with E-state index in [0.29, 0.717) is 12.1 Å². The molecular weight excluding hydrogens is 198 g/mol. The number of rotatable bonds is 2. The molecule has 1 aromatic carbocycles. The van der Waals surface area contributed by atoms with E-state index in [0.717, 1.165) is 6.42 Å². The van der Waals surface area contributed by atoms with Gasteiger partial charge in [-0.25, -0.2) is 0 Å². The number of hydrogen-bond acceptors (Lipinski definition) is 2. The minimum absolute atomic E-state index is 0.371. The van der Waals surface area contributed by atoms with Crippen molar-refractivity contribution < 1.29 is 0 Å². The monoisotopic (exact) mass is 213 g/mol. The van der Waals surface area contributed by atoms with Crippen LogP contribution in [0.2, 0.25) is 0 Å². The van der Waals surface area contributed by atoms with Crippen LogP contribution in [0.1, 0.15) is 23.2 Å². The molecule has 1 aromatic heterocycles. The van der Waals surface area contributed by atoms with E-state index in [1.807, 2.05) is 25.5 Å². The number of likely N-dealkylation sites (N-methyl/N-ethyl adjacent to an activating group) is 1. The van der Waals surface area contributed by atoms with Gasteiger partial charge in [0.1, 0.15) is 0 Å². The Hall–Kier alpha value is -1.61. The Labute approximate surface area is 95.1 Å². The zero-order valence-electron chi connectivity index (χ0n) is 9.30. The summed E-state index contributed by atoms with van der Waals surface area (Å²) in [6, 6.07) is 11.4. The summed E-state index contributed by atoms with van der Waals surface area (Å²) >= 11 is 0. The van der Waals surface area contributed by atoms with E-state index in [4.69, 9.17) is 0 Å². The lowest BCUT2D eigenvalue weighted by Gasteiger charge is -2.20. The average molecular weight is 213 g/mol. The Morgan fingerprint density at radius 3 is 2.94 bits per heavy atom. The van der Waals surface area contributed by atoms with E-state index < -0.39 is 0 Å². The lowest BCUT2D eigenvalue weighted by atomic mass is 10.1. The van der Waals surface area contributed by atoms with Crippen LogP contribution in [0.5, 0.6) is 0 Å². The fourth-order valence-corrected chi connectivity index (χ4v) is 2.64. The Balaban J connectivity index is 2.01. The molecule has 1 aliphatic rings. The van der Waals surface area contributed by atoms with Gasteiger partial charge in [-0.3, -0.25) is 4.68 Å². The van der Waals surface area contributed by atoms with E-state index in [1.165, 1.54) is 11.1 Å². The molecular formula is C13H15N3. The largest absolute Gasteiger partial charge is 0.311 e. The molecule has 82 valence electrons. The number of aromatic nitrogens is 2. The Bertz CT molecular complexity index is 476. The first kappa shape index (κ1) is 9.60. The summed E-state index contributed by atoms with van der Waals surface area (Å²) in [4.78, 5) is 0. The Morgan fingerprint density at radius 1 is 1.31 bits per heavy atom. The topological polar surface area (TPSA) is 29.9 Å². The fraction of sp³-hybridized carbons (Fsp3) is 0.308. The quantitative estimate of drug-likeness (QED) is 0.826. The third-order valence-electron chi connectivity index (χ3n) is 3.38. The molecule has 1 N–H and O–H groups in total. The van der Waals surface area contributed by atoms with Crippen LogP contribution in [0.25, 0.3) is 0 Å². The van der Waals surface area contributed by atoms with Crippen molar-refractivity contribution in [2.75, 3.05) is 7.05 Å². The van der Waals surface area contributed by atoms with Gasteiger partial charge in [-0.2, -0.15) is 5.10 Å². The van der Waals surface area contributed by atoms with Crippen LogP contribution in [-0.4, -0.2) is 16.8 Å². The van der Waals surface area contributed by atoms with Crippen molar-refractivity contribution >= 4 is 0 Å². The van der Waals surface area contributed by atoms with Gasteiger partial charge < -0.3 is 5.32 Å². The molecule has 1 heterocycles. The maximum absolute atomic E-state index is 4.36. The maximum Gasteiger partial charge on any atom is 0.0754 e. The Morgan fingerprint density at radius 2 is 2.19 bits per heavy atom. The van der Waals surface area contributed by atoms with Crippen molar-refractivity contribution in [2.45, 2.75) is 18.5 Å². The van der Waals surface area contributed by atoms with E-state index >= 15 is 0 Å². The van der Waals surface area contributed by atoms with Crippen molar-refractivity contribution in [1.29, 1.82) is 0 Å². The molecule has 0 spiro atoms. The SMILES string of the molecule is CNC1c2ccccc2CC1n1cccn1. The summed E-state index contributed by atoms with van der Waals surface area (Å²) in [6.45, 7) is 0. The molecule has 2 atom stereocenters. The summed E-state index contributed by atoms with van der Waals surface area (Å²) in [5, 5.41) is 7.75. The summed E-state index contributed by atoms with van der Waals surface area (Å²) in [6.07, 6.45) is 4.94. The molecule has 0 amide bonds. The van der Waals surface area contributed by atoms with Gasteiger partial charge in [-0.1, -0.05) is 24.3 Å². The van der Waals surface area contributed by atoms with E-state index in [9.17, 15) is 0 Å². The second kappa shape index (κ2) is 3.76. The first-order chi connectivity index (χ1) is 7.90. The summed E-state index contributed by atoms with van der Waals surface area (Å²) in [5.74, 6) is 0. The predicted octanol–water partition coefficient (Wildman–Crippen LogP) is 1.94. The van der Waals surface area contributed by atoms with E-state index in [1.54, 1.807) is 0 Å². The van der Waals surface area contributed by atoms with Gasteiger partial charge in [0, 0.05) is 12.4 Å². The molecule has 3 heteroatoms. The van der Waals surface area contributed by atoms with Gasteiger partial charge in [0.05, 0.1) is 12.1 Å². The molecule has 1 aliphatic carbocycles. The van der Waals surface area contributed by atoms with Gasteiger partial charge in [0.2, 0.25) is 0 Å². The Kier molecular flexibility index (Phi) is 2.26. The lowest BCUT2D eigenvalue weighted by Crippen LogP contribution is -2.24. The van der Waals surface area contributed by atoms with E-state index in [-0.39, 0.29) is 0 Å². The summed E-state index contributed by atoms with van der Waals surface area (Å²) in [7, 11) is 2.02. The van der Waals surface area contributed by atoms with Gasteiger partial charge >= 0.3 is 0 Å². The predicted molar refractivity (Wildman–Crippen MR) is 63.2 cm³/mol.